The molecule has 2 aromatic carbocycles. The summed E-state index contributed by atoms with van der Waals surface area (Å²) in [7, 11) is 0. The van der Waals surface area contributed by atoms with Crippen LogP contribution in [0.25, 0.3) is 0 Å². The first-order chi connectivity index (χ1) is 10.0. The van der Waals surface area contributed by atoms with Crippen LogP contribution >= 0.6 is 23.2 Å². The van der Waals surface area contributed by atoms with Crippen molar-refractivity contribution in [1.82, 2.24) is 0 Å². The van der Waals surface area contributed by atoms with Gasteiger partial charge in [-0.1, -0.05) is 42.3 Å². The van der Waals surface area contributed by atoms with Crippen LogP contribution in [0.1, 0.15) is 31.1 Å². The number of benzene rings is 2. The summed E-state index contributed by atoms with van der Waals surface area (Å²) in [6, 6.07) is 13.1. The lowest BCUT2D eigenvalue weighted by atomic mass is 10.0. The molecule has 0 saturated heterocycles. The van der Waals surface area contributed by atoms with Crippen molar-refractivity contribution >= 4 is 23.2 Å². The molecular formula is C17H19Cl2NO. The lowest BCUT2D eigenvalue weighted by Gasteiger charge is -2.23. The number of hydrogen-bond donors (Lipinski definition) is 1. The lowest BCUT2D eigenvalue weighted by Crippen LogP contribution is -2.29. The number of nitrogens with two attached hydrogens (primary N) is 1. The van der Waals surface area contributed by atoms with Crippen LogP contribution in [0.15, 0.2) is 42.5 Å². The molecule has 0 aliphatic heterocycles. The third kappa shape index (κ3) is 4.13. The zero-order valence-corrected chi connectivity index (χ0v) is 13.7. The minimum Gasteiger partial charge on any atom is -0.484 e. The van der Waals surface area contributed by atoms with Crippen LogP contribution in [-0.4, -0.2) is 6.04 Å². The Balaban J connectivity index is 2.28. The summed E-state index contributed by atoms with van der Waals surface area (Å²) in [5.41, 5.74) is 8.10. The third-order valence-corrected chi connectivity index (χ3v) is 3.92. The molecule has 0 aliphatic carbocycles. The highest BCUT2D eigenvalue weighted by atomic mass is 35.5. The average molecular weight is 324 g/mol. The van der Waals surface area contributed by atoms with Gasteiger partial charge in [0.2, 0.25) is 0 Å². The van der Waals surface area contributed by atoms with Crippen LogP contribution < -0.4 is 10.5 Å². The van der Waals surface area contributed by atoms with Crippen molar-refractivity contribution in [2.45, 2.75) is 32.4 Å². The molecule has 0 radical (unpaired) electrons. The van der Waals surface area contributed by atoms with Gasteiger partial charge >= 0.3 is 0 Å². The maximum atomic E-state index is 6.14. The van der Waals surface area contributed by atoms with Crippen molar-refractivity contribution in [3.63, 3.8) is 0 Å². The topological polar surface area (TPSA) is 35.2 Å². The quantitative estimate of drug-likeness (QED) is 0.838. The van der Waals surface area contributed by atoms with Crippen molar-refractivity contribution in [3.8, 4) is 5.75 Å². The Morgan fingerprint density at radius 1 is 1.14 bits per heavy atom. The number of hydrogen-bond acceptors (Lipinski definition) is 2. The summed E-state index contributed by atoms with van der Waals surface area (Å²) in [5.74, 6) is 0.763. The second-order valence-corrected chi connectivity index (χ2v) is 5.90. The van der Waals surface area contributed by atoms with Gasteiger partial charge in [0.05, 0.1) is 0 Å². The number of ether oxygens (including phenoxy) is 1. The maximum absolute atomic E-state index is 6.14. The van der Waals surface area contributed by atoms with Crippen molar-refractivity contribution in [2.24, 2.45) is 5.73 Å². The lowest BCUT2D eigenvalue weighted by molar-refractivity contribution is 0.180. The molecule has 4 heteroatoms. The number of rotatable bonds is 5. The van der Waals surface area contributed by atoms with Crippen LogP contribution in [0.2, 0.25) is 10.0 Å². The molecule has 2 N–H and O–H groups in total. The number of aryl methyl sites for hydroxylation is 1. The van der Waals surface area contributed by atoms with Crippen LogP contribution in [-0.2, 0) is 6.42 Å². The van der Waals surface area contributed by atoms with Gasteiger partial charge in [-0.05, 0) is 54.8 Å². The summed E-state index contributed by atoms with van der Waals surface area (Å²) < 4.78 is 6.07. The number of halogens is 2. The molecule has 0 spiro atoms. The second kappa shape index (κ2) is 7.17. The van der Waals surface area contributed by atoms with Gasteiger partial charge in [-0.15, -0.1) is 0 Å². The highest BCUT2D eigenvalue weighted by Crippen LogP contribution is 2.29. The summed E-state index contributed by atoms with van der Waals surface area (Å²) in [5, 5.41) is 1.43. The van der Waals surface area contributed by atoms with Crippen molar-refractivity contribution < 1.29 is 4.74 Å². The molecule has 0 amide bonds. The van der Waals surface area contributed by atoms with Crippen molar-refractivity contribution in [2.75, 3.05) is 0 Å². The Bertz CT molecular complexity index is 613. The molecule has 0 aromatic heterocycles. The zero-order valence-electron chi connectivity index (χ0n) is 12.1. The third-order valence-electron chi connectivity index (χ3n) is 3.32. The highest BCUT2D eigenvalue weighted by molar-refractivity contribution is 6.31. The van der Waals surface area contributed by atoms with E-state index in [-0.39, 0.29) is 12.1 Å². The summed E-state index contributed by atoms with van der Waals surface area (Å²) in [6.07, 6.45) is 0.602. The molecule has 0 bridgehead atoms. The molecule has 2 atom stereocenters. The second-order valence-electron chi connectivity index (χ2n) is 5.06. The van der Waals surface area contributed by atoms with E-state index in [2.05, 4.69) is 6.92 Å². The van der Waals surface area contributed by atoms with Crippen LogP contribution in [0.5, 0.6) is 5.75 Å². The highest BCUT2D eigenvalue weighted by Gasteiger charge is 2.19. The van der Waals surface area contributed by atoms with Crippen molar-refractivity contribution in [3.05, 3.63) is 63.6 Å². The molecule has 2 unspecified atom stereocenters. The molecule has 0 fully saturated rings. The fourth-order valence-corrected chi connectivity index (χ4v) is 2.65. The molecule has 0 saturated carbocycles. The van der Waals surface area contributed by atoms with Gasteiger partial charge in [-0.25, -0.2) is 0 Å². The summed E-state index contributed by atoms with van der Waals surface area (Å²) in [6.45, 7) is 3.98. The Labute approximate surface area is 135 Å². The average Bonchev–Trinajstić information content (AvgIpc) is 2.46. The molecule has 2 aromatic rings. The van der Waals surface area contributed by atoms with E-state index in [0.717, 1.165) is 28.3 Å². The van der Waals surface area contributed by atoms with Crippen LogP contribution in [0.4, 0.5) is 0 Å². The Kier molecular flexibility index (Phi) is 5.51. The van der Waals surface area contributed by atoms with Gasteiger partial charge in [0.25, 0.3) is 0 Å². The van der Waals surface area contributed by atoms with E-state index >= 15 is 0 Å². The van der Waals surface area contributed by atoms with E-state index < -0.39 is 0 Å². The van der Waals surface area contributed by atoms with Gasteiger partial charge in [-0.2, -0.15) is 0 Å². The van der Waals surface area contributed by atoms with Crippen LogP contribution in [0, 0.1) is 0 Å². The first kappa shape index (κ1) is 16.2. The molecule has 2 rings (SSSR count). The summed E-state index contributed by atoms with van der Waals surface area (Å²) >= 11 is 12.2. The first-order valence-electron chi connectivity index (χ1n) is 6.97. The zero-order chi connectivity index (χ0) is 15.4. The fraction of sp³-hybridized carbons (Fsp3) is 0.294. The largest absolute Gasteiger partial charge is 0.484 e. The Morgan fingerprint density at radius 2 is 1.90 bits per heavy atom. The predicted molar refractivity (Wildman–Crippen MR) is 89.3 cm³/mol. The van der Waals surface area contributed by atoms with E-state index in [1.807, 2.05) is 49.4 Å². The molecule has 2 nitrogen and oxygen atoms in total. The fourth-order valence-electron chi connectivity index (χ4n) is 2.20. The maximum Gasteiger partial charge on any atom is 0.138 e. The first-order valence-corrected chi connectivity index (χ1v) is 7.73. The van der Waals surface area contributed by atoms with Crippen LogP contribution in [0.3, 0.4) is 0 Å². The Hall–Kier alpha value is -1.22. The van der Waals surface area contributed by atoms with Gasteiger partial charge < -0.3 is 10.5 Å². The molecule has 0 heterocycles. The SMILES string of the molecule is CCc1cc(OC(c2cccc(Cl)c2)C(C)N)ccc1Cl. The van der Waals surface area contributed by atoms with Gasteiger partial charge in [0.1, 0.15) is 11.9 Å². The molecule has 112 valence electrons. The van der Waals surface area contributed by atoms with E-state index in [1.54, 1.807) is 0 Å². The monoisotopic (exact) mass is 323 g/mol. The van der Waals surface area contributed by atoms with E-state index in [1.165, 1.54) is 0 Å². The Morgan fingerprint density at radius 3 is 2.52 bits per heavy atom. The van der Waals surface area contributed by atoms with Gasteiger partial charge in [-0.3, -0.25) is 0 Å². The molecule has 21 heavy (non-hydrogen) atoms. The van der Waals surface area contributed by atoms with Gasteiger partial charge in [0, 0.05) is 16.1 Å². The molecular weight excluding hydrogens is 305 g/mol. The van der Waals surface area contributed by atoms with Crippen molar-refractivity contribution in [1.29, 1.82) is 0 Å². The van der Waals surface area contributed by atoms with E-state index in [9.17, 15) is 0 Å². The van der Waals surface area contributed by atoms with E-state index in [4.69, 9.17) is 33.7 Å². The van der Waals surface area contributed by atoms with E-state index in [0.29, 0.717) is 5.02 Å². The predicted octanol–water partition coefficient (Wildman–Crippen LogP) is 5.02. The summed E-state index contributed by atoms with van der Waals surface area (Å²) in [4.78, 5) is 0. The molecule has 0 aliphatic rings. The minimum absolute atomic E-state index is 0.163. The smallest absolute Gasteiger partial charge is 0.138 e. The normalized spacial score (nSPS) is 13.8. The standard InChI is InChI=1S/C17H19Cl2NO/c1-3-12-10-15(7-8-16(12)19)21-17(11(2)20)13-5-4-6-14(18)9-13/h4-11,17H,3,20H2,1-2H3. The minimum atomic E-state index is -0.255. The van der Waals surface area contributed by atoms with Gasteiger partial charge in [0.15, 0.2) is 0 Å².